The Balaban J connectivity index is 1.32. The van der Waals surface area contributed by atoms with Gasteiger partial charge in [0.05, 0.1) is 93.1 Å². The summed E-state index contributed by atoms with van der Waals surface area (Å²) in [7, 11) is 0. The first-order valence-corrected chi connectivity index (χ1v) is 25.9. The predicted octanol–water partition coefficient (Wildman–Crippen LogP) is 15.9. The van der Waals surface area contributed by atoms with Gasteiger partial charge in [-0.05, 0) is 86.3 Å². The van der Waals surface area contributed by atoms with Crippen LogP contribution in [-0.4, -0.2) is 39.9 Å². The van der Waals surface area contributed by atoms with E-state index in [4.69, 9.17) is 39.9 Å². The lowest BCUT2D eigenvalue weighted by atomic mass is 9.89. The summed E-state index contributed by atoms with van der Waals surface area (Å²) in [4.78, 5) is 47.7. The molecule has 0 amide bonds. The minimum Gasteiger partial charge on any atom is -0.307 e. The zero-order valence-corrected chi connectivity index (χ0v) is 42.8. The molecule has 0 atom stereocenters. The molecule has 0 fully saturated rings. The van der Waals surface area contributed by atoms with Gasteiger partial charge in [0.15, 0.2) is 0 Å². The molecule has 0 radical (unpaired) electrons. The molecule has 4 heterocycles. The highest BCUT2D eigenvalue weighted by molar-refractivity contribution is 6.33. The molecule has 0 N–H and O–H groups in total. The highest BCUT2D eigenvalue weighted by atomic mass is 15.2. The van der Waals surface area contributed by atoms with Crippen LogP contribution in [-0.2, 0) is 25.7 Å². The Morgan fingerprint density at radius 2 is 0.500 bits per heavy atom. The lowest BCUT2D eigenvalue weighted by Gasteiger charge is -2.35. The van der Waals surface area contributed by atoms with Gasteiger partial charge in [-0.1, -0.05) is 125 Å². The molecule has 8 aromatic carbocycles. The maximum absolute atomic E-state index is 4.90. The molecule has 0 saturated carbocycles. The van der Waals surface area contributed by atoms with Crippen LogP contribution in [0, 0.1) is 0 Å². The number of nitrogens with zero attached hydrogens (tertiary/aromatic N) is 12. The largest absolute Gasteiger partial charge is 0.307 e. The molecule has 0 aliphatic carbocycles. The third kappa shape index (κ3) is 8.30. The van der Waals surface area contributed by atoms with E-state index in [0.717, 1.165) is 123 Å². The fraction of sp³-hybridized carbons (Fsp3) is 0.125. The summed E-state index contributed by atoms with van der Waals surface area (Å²) in [6, 6.07) is 56.1. The lowest BCUT2D eigenvalue weighted by Crippen LogP contribution is -2.18. The Bertz CT molecular complexity index is 3460. The van der Waals surface area contributed by atoms with E-state index in [1.165, 1.54) is 0 Å². The van der Waals surface area contributed by atoms with E-state index < -0.39 is 0 Å². The van der Waals surface area contributed by atoms with E-state index in [1.54, 1.807) is 25.3 Å². The fourth-order valence-electron chi connectivity index (χ4n) is 10.8. The standard InChI is InChI=1S/C64H54N12/c1-5-51-59(35-65-39-69-51)73(43-21-13-9-14-22-43)55-33-56(74(44-23-15-10-16-24-44)60-36-66-40-70-52(60)6-2)48-31-32-50-58(76(46-27-19-12-20-28-46)62-38-68-42-72-54(62)8-4)34-57(49-30-29-47(55)63(48)64(49)50)75(45-25-17-11-18-26-45)61-37-67-41-71-53(61)7-3/h9-42H,5-8H2,1-4H3. The summed E-state index contributed by atoms with van der Waals surface area (Å²) in [5.41, 5.74) is 14.9. The van der Waals surface area contributed by atoms with Gasteiger partial charge in [-0.3, -0.25) is 0 Å². The Hall–Kier alpha value is -9.68. The minimum atomic E-state index is 0.695. The van der Waals surface area contributed by atoms with Crippen LogP contribution in [0.25, 0.3) is 32.3 Å². The number of rotatable bonds is 16. The maximum atomic E-state index is 4.90. The van der Waals surface area contributed by atoms with Crippen LogP contribution in [0.4, 0.5) is 68.2 Å². The second-order valence-corrected chi connectivity index (χ2v) is 18.4. The minimum absolute atomic E-state index is 0.695. The highest BCUT2D eigenvalue weighted by Crippen LogP contribution is 2.55. The monoisotopic (exact) mass is 990 g/mol. The number of aromatic nitrogens is 8. The number of hydrogen-bond donors (Lipinski definition) is 0. The number of hydrogen-bond acceptors (Lipinski definition) is 12. The number of anilines is 12. The van der Waals surface area contributed by atoms with Gasteiger partial charge >= 0.3 is 0 Å². The second-order valence-electron chi connectivity index (χ2n) is 18.4. The van der Waals surface area contributed by atoms with Crippen molar-refractivity contribution in [2.24, 2.45) is 0 Å². The van der Waals surface area contributed by atoms with Gasteiger partial charge in [-0.25, -0.2) is 39.9 Å². The van der Waals surface area contributed by atoms with Crippen LogP contribution in [0.15, 0.2) is 208 Å². The van der Waals surface area contributed by atoms with E-state index in [2.05, 4.69) is 205 Å². The molecule has 0 saturated heterocycles. The van der Waals surface area contributed by atoms with Gasteiger partial charge in [0.2, 0.25) is 0 Å². The van der Waals surface area contributed by atoms with Crippen molar-refractivity contribution in [1.29, 1.82) is 0 Å². The number of para-hydroxylation sites is 4. The molecule has 4 aromatic heterocycles. The summed E-state index contributed by atoms with van der Waals surface area (Å²) in [5.74, 6) is 0. The number of benzene rings is 8. The summed E-state index contributed by atoms with van der Waals surface area (Å²) >= 11 is 0. The number of aryl methyl sites for hydroxylation is 4. The highest BCUT2D eigenvalue weighted by Gasteiger charge is 2.31. The Kier molecular flexibility index (Phi) is 12.9. The van der Waals surface area contributed by atoms with E-state index in [-0.39, 0.29) is 0 Å². The van der Waals surface area contributed by atoms with E-state index in [1.807, 2.05) is 24.8 Å². The molecule has 12 heteroatoms. The lowest BCUT2D eigenvalue weighted by molar-refractivity contribution is 0.983. The molecule has 12 nitrogen and oxygen atoms in total. The van der Waals surface area contributed by atoms with Crippen molar-refractivity contribution >= 4 is 101 Å². The van der Waals surface area contributed by atoms with Gasteiger partial charge in [-0.2, -0.15) is 0 Å². The van der Waals surface area contributed by atoms with Crippen LogP contribution < -0.4 is 19.6 Å². The molecule has 0 aliphatic rings. The third-order valence-electron chi connectivity index (χ3n) is 14.2. The van der Waals surface area contributed by atoms with Crippen LogP contribution in [0.3, 0.4) is 0 Å². The first kappa shape index (κ1) is 47.3. The van der Waals surface area contributed by atoms with Gasteiger partial charge < -0.3 is 19.6 Å². The molecule has 0 unspecified atom stereocenters. The quantitative estimate of drug-likeness (QED) is 0.0858. The van der Waals surface area contributed by atoms with E-state index in [9.17, 15) is 0 Å². The predicted molar refractivity (Wildman–Crippen MR) is 309 cm³/mol. The third-order valence-corrected chi connectivity index (χ3v) is 14.2. The van der Waals surface area contributed by atoms with Crippen molar-refractivity contribution in [2.75, 3.05) is 19.6 Å². The van der Waals surface area contributed by atoms with Crippen molar-refractivity contribution in [1.82, 2.24) is 39.9 Å². The van der Waals surface area contributed by atoms with Crippen molar-refractivity contribution < 1.29 is 0 Å². The molecule has 12 aromatic rings. The Morgan fingerprint density at radius 3 is 0.711 bits per heavy atom. The zero-order valence-electron chi connectivity index (χ0n) is 42.8. The van der Waals surface area contributed by atoms with Gasteiger partial charge in [0, 0.05) is 55.1 Å². The van der Waals surface area contributed by atoms with Crippen LogP contribution in [0.2, 0.25) is 0 Å². The molecule has 12 rings (SSSR count). The summed E-state index contributed by atoms with van der Waals surface area (Å²) in [5, 5.41) is 6.28. The summed E-state index contributed by atoms with van der Waals surface area (Å²) in [6.07, 6.45) is 17.1. The normalized spacial score (nSPS) is 11.4. The molecule has 0 aliphatic heterocycles. The van der Waals surface area contributed by atoms with E-state index in [0.29, 0.717) is 25.7 Å². The maximum Gasteiger partial charge on any atom is 0.115 e. The van der Waals surface area contributed by atoms with Crippen molar-refractivity contribution in [3.63, 3.8) is 0 Å². The topological polar surface area (TPSA) is 116 Å². The molecule has 76 heavy (non-hydrogen) atoms. The van der Waals surface area contributed by atoms with Crippen molar-refractivity contribution in [3.05, 3.63) is 231 Å². The average molecular weight is 991 g/mol. The van der Waals surface area contributed by atoms with Gasteiger partial charge in [0.1, 0.15) is 25.3 Å². The van der Waals surface area contributed by atoms with Crippen molar-refractivity contribution in [2.45, 2.75) is 53.4 Å². The average Bonchev–Trinajstić information content (AvgIpc) is 3.67. The molecule has 0 spiro atoms. The Morgan fingerprint density at radius 1 is 0.276 bits per heavy atom. The second kappa shape index (κ2) is 20.7. The van der Waals surface area contributed by atoms with E-state index >= 15 is 0 Å². The summed E-state index contributed by atoms with van der Waals surface area (Å²) < 4.78 is 0. The van der Waals surface area contributed by atoms with Crippen LogP contribution in [0.5, 0.6) is 0 Å². The van der Waals surface area contributed by atoms with Gasteiger partial charge in [0.25, 0.3) is 0 Å². The first-order chi connectivity index (χ1) is 37.6. The zero-order chi connectivity index (χ0) is 51.5. The summed E-state index contributed by atoms with van der Waals surface area (Å²) in [6.45, 7) is 8.58. The van der Waals surface area contributed by atoms with Crippen LogP contribution >= 0.6 is 0 Å². The fourth-order valence-corrected chi connectivity index (χ4v) is 10.8. The molecular formula is C64H54N12. The van der Waals surface area contributed by atoms with Gasteiger partial charge in [-0.15, -0.1) is 0 Å². The SMILES string of the molecule is CCc1ncncc1N(c1ccccc1)c1cc(N(c2ccccc2)c2cncnc2CC)c2ccc3c(N(c4ccccc4)c4cncnc4CC)cc(N(c4ccccc4)c4cncnc4CC)c4ccc1c2c43. The molecule has 0 bridgehead atoms. The Labute approximate surface area is 442 Å². The smallest absolute Gasteiger partial charge is 0.115 e. The van der Waals surface area contributed by atoms with Crippen molar-refractivity contribution in [3.8, 4) is 0 Å². The molecular weight excluding hydrogens is 937 g/mol. The first-order valence-electron chi connectivity index (χ1n) is 25.9. The van der Waals surface area contributed by atoms with Crippen LogP contribution in [0.1, 0.15) is 50.5 Å². The molecule has 370 valence electrons.